The topological polar surface area (TPSA) is 61.6 Å². The molecule has 1 saturated heterocycles. The van der Waals surface area contributed by atoms with Crippen LogP contribution in [0, 0.1) is 19.8 Å². The molecule has 1 atom stereocenters. The summed E-state index contributed by atoms with van der Waals surface area (Å²) in [5.41, 5.74) is 3.08. The second-order valence-electron chi connectivity index (χ2n) is 6.78. The van der Waals surface area contributed by atoms with Crippen molar-refractivity contribution in [2.75, 3.05) is 31.6 Å². The second kappa shape index (κ2) is 7.59. The van der Waals surface area contributed by atoms with Gasteiger partial charge in [0, 0.05) is 37.9 Å². The van der Waals surface area contributed by atoms with E-state index < -0.39 is 0 Å². The highest BCUT2D eigenvalue weighted by Crippen LogP contribution is 2.23. The van der Waals surface area contributed by atoms with Crippen molar-refractivity contribution in [3.8, 4) is 0 Å². The zero-order chi connectivity index (χ0) is 17.8. The van der Waals surface area contributed by atoms with Gasteiger partial charge in [-0.15, -0.1) is 0 Å². The number of nitrogens with one attached hydrogen (secondary N) is 1. The van der Waals surface area contributed by atoms with Crippen molar-refractivity contribution >= 4 is 11.7 Å². The number of nitrogens with zero attached hydrogens (tertiary/aromatic N) is 3. The maximum atomic E-state index is 12.4. The Balaban J connectivity index is 1.46. The van der Waals surface area contributed by atoms with Crippen LogP contribution in [0.4, 0.5) is 10.5 Å². The van der Waals surface area contributed by atoms with E-state index in [4.69, 9.17) is 4.52 Å². The molecule has 0 spiro atoms. The van der Waals surface area contributed by atoms with Gasteiger partial charge in [-0.2, -0.15) is 0 Å². The monoisotopic (exact) mass is 342 g/mol. The van der Waals surface area contributed by atoms with Gasteiger partial charge in [0.2, 0.25) is 0 Å². The van der Waals surface area contributed by atoms with E-state index in [1.54, 1.807) is 11.9 Å². The summed E-state index contributed by atoms with van der Waals surface area (Å²) in [6, 6.07) is 10.4. The number of amides is 2. The van der Waals surface area contributed by atoms with Crippen molar-refractivity contribution < 1.29 is 9.32 Å². The van der Waals surface area contributed by atoms with Gasteiger partial charge in [-0.25, -0.2) is 4.79 Å². The Labute approximate surface area is 148 Å². The summed E-state index contributed by atoms with van der Waals surface area (Å²) in [6.07, 6.45) is 1.10. The van der Waals surface area contributed by atoms with Gasteiger partial charge < -0.3 is 19.6 Å². The number of rotatable bonds is 5. The summed E-state index contributed by atoms with van der Waals surface area (Å²) in [7, 11) is 1.80. The maximum absolute atomic E-state index is 12.4. The molecule has 2 amide bonds. The number of hydrogen-bond donors (Lipinski definition) is 1. The summed E-state index contributed by atoms with van der Waals surface area (Å²) in [4.78, 5) is 16.4. The lowest BCUT2D eigenvalue weighted by atomic mass is 10.1. The third-order valence-corrected chi connectivity index (χ3v) is 4.87. The Morgan fingerprint density at radius 3 is 2.80 bits per heavy atom. The smallest absolute Gasteiger partial charge is 0.317 e. The third kappa shape index (κ3) is 4.13. The Kier molecular flexibility index (Phi) is 5.26. The minimum atomic E-state index is -0.0573. The van der Waals surface area contributed by atoms with E-state index in [1.165, 1.54) is 5.69 Å². The van der Waals surface area contributed by atoms with Gasteiger partial charge >= 0.3 is 6.03 Å². The number of hydrogen-bond acceptors (Lipinski definition) is 4. The summed E-state index contributed by atoms with van der Waals surface area (Å²) in [6.45, 7) is 7.01. The molecule has 2 heterocycles. The predicted octanol–water partition coefficient (Wildman–Crippen LogP) is 2.96. The third-order valence-electron chi connectivity index (χ3n) is 4.87. The standard InChI is InChI=1S/C19H26N4O2/c1-14-18(15(2)25-21-14)13-22(3)19(24)20-11-16-9-10-23(12-16)17-7-5-4-6-8-17/h4-8,16H,9-13H2,1-3H3,(H,20,24). The van der Waals surface area contributed by atoms with Crippen LogP contribution in [0.5, 0.6) is 0 Å². The van der Waals surface area contributed by atoms with Crippen molar-refractivity contribution in [1.82, 2.24) is 15.4 Å². The molecule has 2 aromatic rings. The Morgan fingerprint density at radius 2 is 2.12 bits per heavy atom. The number of aromatic nitrogens is 1. The van der Waals surface area contributed by atoms with Gasteiger partial charge in [0.05, 0.1) is 12.2 Å². The van der Waals surface area contributed by atoms with Crippen LogP contribution in [0.15, 0.2) is 34.9 Å². The van der Waals surface area contributed by atoms with Crippen LogP contribution in [-0.2, 0) is 6.54 Å². The number of para-hydroxylation sites is 1. The Bertz CT molecular complexity index is 694. The number of carbonyl (C=O) groups excluding carboxylic acids is 1. The first kappa shape index (κ1) is 17.3. The number of aryl methyl sites for hydroxylation is 2. The molecule has 134 valence electrons. The summed E-state index contributed by atoms with van der Waals surface area (Å²) in [5, 5.41) is 6.99. The number of carbonyl (C=O) groups is 1. The summed E-state index contributed by atoms with van der Waals surface area (Å²) >= 11 is 0. The first-order valence-corrected chi connectivity index (χ1v) is 8.75. The largest absolute Gasteiger partial charge is 0.371 e. The Hall–Kier alpha value is -2.50. The molecule has 3 rings (SSSR count). The fraction of sp³-hybridized carbons (Fsp3) is 0.474. The van der Waals surface area contributed by atoms with Crippen LogP contribution in [-0.4, -0.2) is 42.8 Å². The molecule has 6 nitrogen and oxygen atoms in total. The molecule has 0 radical (unpaired) electrons. The van der Waals surface area contributed by atoms with Gasteiger partial charge in [-0.05, 0) is 38.3 Å². The number of benzene rings is 1. The number of anilines is 1. The molecule has 1 N–H and O–H groups in total. The molecule has 6 heteroatoms. The molecule has 0 saturated carbocycles. The highest BCUT2D eigenvalue weighted by atomic mass is 16.5. The van der Waals surface area contributed by atoms with Crippen LogP contribution in [0.1, 0.15) is 23.4 Å². The molecule has 1 aromatic heterocycles. The molecule has 0 bridgehead atoms. The quantitative estimate of drug-likeness (QED) is 0.907. The second-order valence-corrected chi connectivity index (χ2v) is 6.78. The average molecular weight is 342 g/mol. The maximum Gasteiger partial charge on any atom is 0.317 e. The van der Waals surface area contributed by atoms with Gasteiger partial charge in [0.15, 0.2) is 0 Å². The Morgan fingerprint density at radius 1 is 1.36 bits per heavy atom. The first-order valence-electron chi connectivity index (χ1n) is 8.75. The predicted molar refractivity (Wildman–Crippen MR) is 97.6 cm³/mol. The fourth-order valence-electron chi connectivity index (χ4n) is 3.28. The molecule has 1 fully saturated rings. The summed E-state index contributed by atoms with van der Waals surface area (Å²) < 4.78 is 5.16. The normalized spacial score (nSPS) is 16.9. The fourth-order valence-corrected chi connectivity index (χ4v) is 3.28. The van der Waals surface area contributed by atoms with Gasteiger partial charge in [0.25, 0.3) is 0 Å². The molecule has 1 aliphatic heterocycles. The first-order chi connectivity index (χ1) is 12.0. The molecule has 1 aliphatic rings. The highest BCUT2D eigenvalue weighted by Gasteiger charge is 2.23. The van der Waals surface area contributed by atoms with Crippen LogP contribution < -0.4 is 10.2 Å². The SMILES string of the molecule is Cc1noc(C)c1CN(C)C(=O)NCC1CCN(c2ccccc2)C1. The molecule has 1 aromatic carbocycles. The zero-order valence-corrected chi connectivity index (χ0v) is 15.2. The van der Waals surface area contributed by atoms with Crippen LogP contribution in [0.3, 0.4) is 0 Å². The van der Waals surface area contributed by atoms with Crippen molar-refractivity contribution in [2.24, 2.45) is 5.92 Å². The minimum Gasteiger partial charge on any atom is -0.371 e. The van der Waals surface area contributed by atoms with Crippen molar-refractivity contribution in [3.05, 3.63) is 47.3 Å². The molecule has 1 unspecified atom stereocenters. The van der Waals surface area contributed by atoms with E-state index in [0.29, 0.717) is 19.0 Å². The lowest BCUT2D eigenvalue weighted by Gasteiger charge is -2.21. The van der Waals surface area contributed by atoms with Crippen LogP contribution in [0.25, 0.3) is 0 Å². The summed E-state index contributed by atoms with van der Waals surface area (Å²) in [5.74, 6) is 1.25. The molecule has 25 heavy (non-hydrogen) atoms. The van der Waals surface area contributed by atoms with Crippen LogP contribution in [0.2, 0.25) is 0 Å². The van der Waals surface area contributed by atoms with Gasteiger partial charge in [-0.1, -0.05) is 23.4 Å². The van der Waals surface area contributed by atoms with Crippen molar-refractivity contribution in [1.29, 1.82) is 0 Å². The number of urea groups is 1. The van der Waals surface area contributed by atoms with E-state index >= 15 is 0 Å². The molecule has 0 aliphatic carbocycles. The molecular weight excluding hydrogens is 316 g/mol. The van der Waals surface area contributed by atoms with Gasteiger partial charge in [-0.3, -0.25) is 0 Å². The van der Waals surface area contributed by atoms with Crippen molar-refractivity contribution in [2.45, 2.75) is 26.8 Å². The zero-order valence-electron chi connectivity index (χ0n) is 15.2. The van der Waals surface area contributed by atoms with Gasteiger partial charge in [0.1, 0.15) is 5.76 Å². The lowest BCUT2D eigenvalue weighted by Crippen LogP contribution is -2.39. The average Bonchev–Trinajstić information content (AvgIpc) is 3.22. The van der Waals surface area contributed by atoms with E-state index in [0.717, 1.165) is 36.5 Å². The van der Waals surface area contributed by atoms with Crippen LogP contribution >= 0.6 is 0 Å². The minimum absolute atomic E-state index is 0.0573. The highest BCUT2D eigenvalue weighted by molar-refractivity contribution is 5.73. The van der Waals surface area contributed by atoms with Crippen molar-refractivity contribution in [3.63, 3.8) is 0 Å². The van der Waals surface area contributed by atoms with E-state index in [9.17, 15) is 4.79 Å². The van der Waals surface area contributed by atoms with E-state index in [1.807, 2.05) is 19.9 Å². The van der Waals surface area contributed by atoms with E-state index in [-0.39, 0.29) is 6.03 Å². The molecular formula is C19H26N4O2. The lowest BCUT2D eigenvalue weighted by molar-refractivity contribution is 0.205. The van der Waals surface area contributed by atoms with E-state index in [2.05, 4.69) is 39.6 Å².